The summed E-state index contributed by atoms with van der Waals surface area (Å²) in [6.07, 6.45) is 1.75. The monoisotopic (exact) mass is 563 g/mol. The molecule has 9 heteroatoms. The van der Waals surface area contributed by atoms with Crippen LogP contribution in [0.25, 0.3) is 21.8 Å². The van der Waals surface area contributed by atoms with E-state index in [0.29, 0.717) is 32.4 Å². The Kier molecular flexibility index (Phi) is 8.71. The van der Waals surface area contributed by atoms with Gasteiger partial charge in [-0.05, 0) is 69.3 Å². The molecule has 0 bridgehead atoms. The molecule has 0 spiro atoms. The molecular weight excluding hydrogens is 526 g/mol. The number of hydrogen-bond acceptors (Lipinski definition) is 4. The number of fused-ring (bicyclic) bond motifs is 2. The van der Waals surface area contributed by atoms with E-state index in [2.05, 4.69) is 34.6 Å². The third kappa shape index (κ3) is 5.78. The molecule has 5 rings (SSSR count). The van der Waals surface area contributed by atoms with Crippen molar-refractivity contribution in [3.63, 3.8) is 0 Å². The minimum Gasteiger partial charge on any atom is -0.342 e. The van der Waals surface area contributed by atoms with E-state index in [-0.39, 0.29) is 36.0 Å². The second-order valence-corrected chi connectivity index (χ2v) is 11.2. The molecule has 0 radical (unpaired) electrons. The van der Waals surface area contributed by atoms with Crippen LogP contribution in [0.15, 0.2) is 71.5 Å². The van der Waals surface area contributed by atoms with Gasteiger partial charge in [-0.2, -0.15) is 0 Å². The van der Waals surface area contributed by atoms with E-state index in [1.165, 1.54) is 0 Å². The highest BCUT2D eigenvalue weighted by molar-refractivity contribution is 5.92. The highest BCUT2D eigenvalue weighted by Gasteiger charge is 2.36. The van der Waals surface area contributed by atoms with Crippen molar-refractivity contribution in [2.24, 2.45) is 0 Å². The van der Waals surface area contributed by atoms with Crippen LogP contribution in [0.3, 0.4) is 0 Å². The van der Waals surface area contributed by atoms with Crippen molar-refractivity contribution in [1.82, 2.24) is 24.7 Å². The number of imidazole rings is 1. The normalized spacial score (nSPS) is 15.3. The van der Waals surface area contributed by atoms with Gasteiger partial charge in [0.1, 0.15) is 6.04 Å². The van der Waals surface area contributed by atoms with Gasteiger partial charge in [0.15, 0.2) is 0 Å². The molecule has 2 N–H and O–H groups in total. The van der Waals surface area contributed by atoms with E-state index in [4.69, 9.17) is 0 Å². The van der Waals surface area contributed by atoms with Gasteiger partial charge < -0.3 is 15.2 Å². The molecule has 1 unspecified atom stereocenters. The van der Waals surface area contributed by atoms with Crippen LogP contribution in [0.2, 0.25) is 0 Å². The Morgan fingerprint density at radius 1 is 1.00 bits per heavy atom. The zero-order valence-corrected chi connectivity index (χ0v) is 24.3. The molecule has 212 valence electrons. The first kappa shape index (κ1) is 29.4. The first-order valence-electron chi connectivity index (χ1n) is 13.6. The number of likely N-dealkylation sites (N-methyl/N-ethyl adjacent to an activating group) is 1. The molecule has 1 saturated heterocycles. The van der Waals surface area contributed by atoms with Crippen LogP contribution in [-0.4, -0.2) is 69.9 Å². The molecule has 1 aliphatic heterocycles. The molecule has 1 fully saturated rings. The first-order valence-corrected chi connectivity index (χ1v) is 13.6. The molecule has 0 aliphatic carbocycles. The molecule has 1 atom stereocenters. The molecule has 40 heavy (non-hydrogen) atoms. The molecule has 1 aromatic heterocycles. The third-order valence-corrected chi connectivity index (χ3v) is 8.30. The van der Waals surface area contributed by atoms with Crippen molar-refractivity contribution in [1.29, 1.82) is 0 Å². The zero-order valence-electron chi connectivity index (χ0n) is 23.5. The predicted octanol–water partition coefficient (Wildman–Crippen LogP) is 4.14. The second-order valence-electron chi connectivity index (χ2n) is 11.2. The SMILES string of the molecule is CN(C)C(C)(C)C(=O)NC(Cc1ccc2ccccc2c1)C(=O)N1CCC(n2c(=O)[nH]c3ccccc32)CC1.Cl. The van der Waals surface area contributed by atoms with Gasteiger partial charge in [-0.3, -0.25) is 19.1 Å². The van der Waals surface area contributed by atoms with Crippen LogP contribution in [0.5, 0.6) is 0 Å². The van der Waals surface area contributed by atoms with Crippen molar-refractivity contribution < 1.29 is 9.59 Å². The molecule has 8 nitrogen and oxygen atoms in total. The molecule has 2 amide bonds. The van der Waals surface area contributed by atoms with Gasteiger partial charge in [-0.1, -0.05) is 54.6 Å². The highest BCUT2D eigenvalue weighted by Crippen LogP contribution is 2.26. The number of rotatable bonds is 7. The summed E-state index contributed by atoms with van der Waals surface area (Å²) in [5.74, 6) is -0.275. The van der Waals surface area contributed by atoms with Crippen molar-refractivity contribution >= 4 is 46.0 Å². The van der Waals surface area contributed by atoms with Crippen LogP contribution in [0.4, 0.5) is 0 Å². The largest absolute Gasteiger partial charge is 0.342 e. The van der Waals surface area contributed by atoms with E-state index in [1.54, 1.807) is 0 Å². The number of para-hydroxylation sites is 2. The van der Waals surface area contributed by atoms with Gasteiger partial charge in [0.2, 0.25) is 11.8 Å². The summed E-state index contributed by atoms with van der Waals surface area (Å²) in [4.78, 5) is 46.5. The van der Waals surface area contributed by atoms with Crippen LogP contribution >= 0.6 is 12.4 Å². The van der Waals surface area contributed by atoms with Crippen LogP contribution in [-0.2, 0) is 16.0 Å². The number of nitrogens with one attached hydrogen (secondary N) is 2. The maximum atomic E-state index is 13.9. The topological polar surface area (TPSA) is 90.4 Å². The lowest BCUT2D eigenvalue weighted by Gasteiger charge is -2.37. The number of nitrogens with zero attached hydrogens (tertiary/aromatic N) is 3. The fraction of sp³-hybridized carbons (Fsp3) is 0.387. The van der Waals surface area contributed by atoms with Crippen molar-refractivity contribution in [3.8, 4) is 0 Å². The Labute approximate surface area is 240 Å². The minimum atomic E-state index is -0.772. The quantitative estimate of drug-likeness (QED) is 0.354. The fourth-order valence-corrected chi connectivity index (χ4v) is 5.34. The van der Waals surface area contributed by atoms with Crippen molar-refractivity contribution in [3.05, 3.63) is 82.8 Å². The van der Waals surface area contributed by atoms with Gasteiger partial charge in [-0.15, -0.1) is 12.4 Å². The lowest BCUT2D eigenvalue weighted by Crippen LogP contribution is -2.58. The maximum Gasteiger partial charge on any atom is 0.326 e. The van der Waals surface area contributed by atoms with E-state index in [0.717, 1.165) is 27.4 Å². The number of amides is 2. The standard InChI is InChI=1S/C31H37N5O3.ClH/c1-31(2,34(3)4)29(38)32-26(20-21-13-14-22-9-5-6-10-23(22)19-21)28(37)35-17-15-24(16-18-35)36-27-12-8-7-11-25(27)33-30(36)39;/h5-14,19,24,26H,15-18,20H2,1-4H3,(H,32,38)(H,33,39);1H. The van der Waals surface area contributed by atoms with Gasteiger partial charge in [0.25, 0.3) is 0 Å². The van der Waals surface area contributed by atoms with Gasteiger partial charge in [-0.25, -0.2) is 4.79 Å². The number of aromatic nitrogens is 2. The molecular formula is C31H38ClN5O3. The number of hydrogen-bond donors (Lipinski definition) is 2. The van der Waals surface area contributed by atoms with Crippen LogP contribution in [0.1, 0.15) is 38.3 Å². The summed E-state index contributed by atoms with van der Waals surface area (Å²) in [6, 6.07) is 21.3. The number of piperidine rings is 1. The first-order chi connectivity index (χ1) is 18.6. The average Bonchev–Trinajstić information content (AvgIpc) is 3.27. The van der Waals surface area contributed by atoms with Gasteiger partial charge in [0.05, 0.1) is 16.6 Å². The highest BCUT2D eigenvalue weighted by atomic mass is 35.5. The zero-order chi connectivity index (χ0) is 27.7. The summed E-state index contributed by atoms with van der Waals surface area (Å²) in [5.41, 5.74) is 1.82. The van der Waals surface area contributed by atoms with Crippen LogP contribution < -0.4 is 11.0 Å². The van der Waals surface area contributed by atoms with Gasteiger partial charge in [0, 0.05) is 25.6 Å². The average molecular weight is 564 g/mol. The summed E-state index contributed by atoms with van der Waals surface area (Å²) in [6.45, 7) is 4.75. The number of likely N-dealkylation sites (tertiary alicyclic amines) is 1. The molecule has 4 aromatic rings. The molecule has 3 aromatic carbocycles. The second kappa shape index (κ2) is 11.9. The maximum absolute atomic E-state index is 13.9. The van der Waals surface area contributed by atoms with Crippen LogP contribution in [0, 0.1) is 0 Å². The third-order valence-electron chi connectivity index (χ3n) is 8.30. The fourth-order valence-electron chi connectivity index (χ4n) is 5.34. The summed E-state index contributed by atoms with van der Waals surface area (Å²) < 4.78 is 1.82. The minimum absolute atomic E-state index is 0. The Morgan fingerprint density at radius 2 is 1.65 bits per heavy atom. The molecule has 0 saturated carbocycles. The molecule has 2 heterocycles. The number of H-pyrrole nitrogens is 1. The Bertz CT molecular complexity index is 1570. The summed E-state index contributed by atoms with van der Waals surface area (Å²) in [5, 5.41) is 5.31. The van der Waals surface area contributed by atoms with E-state index in [9.17, 15) is 14.4 Å². The van der Waals surface area contributed by atoms with Gasteiger partial charge >= 0.3 is 5.69 Å². The lowest BCUT2D eigenvalue weighted by atomic mass is 9.97. The number of benzene rings is 3. The number of aromatic amines is 1. The lowest BCUT2D eigenvalue weighted by molar-refractivity contribution is -0.140. The summed E-state index contributed by atoms with van der Waals surface area (Å²) in [7, 11) is 3.72. The van der Waals surface area contributed by atoms with E-state index in [1.807, 2.05) is 84.8 Å². The number of carbonyl (C=O) groups excluding carboxylic acids is 2. The van der Waals surface area contributed by atoms with E-state index >= 15 is 0 Å². The number of halogens is 1. The van der Waals surface area contributed by atoms with Crippen molar-refractivity contribution in [2.75, 3.05) is 27.2 Å². The Balaban J connectivity index is 0.00000370. The van der Waals surface area contributed by atoms with E-state index < -0.39 is 11.6 Å². The molecule has 1 aliphatic rings. The van der Waals surface area contributed by atoms with Crippen molar-refractivity contribution in [2.45, 2.75) is 50.7 Å². The number of carbonyl (C=O) groups is 2. The smallest absolute Gasteiger partial charge is 0.326 e. The predicted molar refractivity (Wildman–Crippen MR) is 162 cm³/mol. The Morgan fingerprint density at radius 3 is 2.35 bits per heavy atom. The Hall–Kier alpha value is -3.62. The summed E-state index contributed by atoms with van der Waals surface area (Å²) >= 11 is 0.